The van der Waals surface area contributed by atoms with Gasteiger partial charge >= 0.3 is 6.18 Å². The summed E-state index contributed by atoms with van der Waals surface area (Å²) in [6, 6.07) is 4.65. The summed E-state index contributed by atoms with van der Waals surface area (Å²) < 4.78 is 47.1. The van der Waals surface area contributed by atoms with Crippen molar-refractivity contribution in [3.63, 3.8) is 0 Å². The fraction of sp³-hybridized carbons (Fsp3) is 0.586. The highest BCUT2D eigenvalue weighted by Crippen LogP contribution is 2.37. The van der Waals surface area contributed by atoms with Gasteiger partial charge in [-0.3, -0.25) is 9.59 Å². The Morgan fingerprint density at radius 3 is 2.57 bits per heavy atom. The molecule has 0 radical (unpaired) electrons. The third-order valence-electron chi connectivity index (χ3n) is 8.15. The third-order valence-corrected chi connectivity index (χ3v) is 8.15. The first kappa shape index (κ1) is 31.3. The number of nitrogens with one attached hydrogen (secondary N) is 3. The number of rotatable bonds is 10. The molecule has 1 aromatic carbocycles. The number of hydrogen-bond acceptors (Lipinski definition) is 8. The van der Waals surface area contributed by atoms with Crippen LogP contribution in [-0.4, -0.2) is 66.0 Å². The number of hydrogen-bond donors (Lipinski definition) is 4. The lowest BCUT2D eigenvalue weighted by atomic mass is 9.80. The molecular formula is C29H40F3N7O3. The number of aromatic nitrogens is 2. The molecule has 2 aliphatic rings. The maximum absolute atomic E-state index is 13.9. The average molecular weight is 592 g/mol. The van der Waals surface area contributed by atoms with Crippen LogP contribution in [0.15, 0.2) is 24.4 Å². The first-order valence-corrected chi connectivity index (χ1v) is 14.4. The van der Waals surface area contributed by atoms with Crippen LogP contribution in [0.2, 0.25) is 0 Å². The molecule has 3 atom stereocenters. The van der Waals surface area contributed by atoms with Crippen LogP contribution in [0.1, 0.15) is 67.8 Å². The minimum atomic E-state index is -4.66. The molecule has 2 amide bonds. The molecule has 230 valence electrons. The number of carbonyl (C=O) groups is 2. The number of carbonyl (C=O) groups excluding carboxylic acids is 2. The van der Waals surface area contributed by atoms with Gasteiger partial charge < -0.3 is 31.3 Å². The van der Waals surface area contributed by atoms with Crippen molar-refractivity contribution >= 4 is 29.3 Å². The van der Waals surface area contributed by atoms with Crippen LogP contribution < -0.4 is 26.4 Å². The summed E-state index contributed by atoms with van der Waals surface area (Å²) in [7, 11) is 3.49. The molecule has 2 heterocycles. The highest BCUT2D eigenvalue weighted by Gasteiger charge is 2.36. The number of likely N-dealkylation sites (tertiary alicyclic amines) is 1. The number of amides is 2. The van der Waals surface area contributed by atoms with Gasteiger partial charge in [0.05, 0.1) is 12.8 Å². The van der Waals surface area contributed by atoms with E-state index in [2.05, 4.69) is 37.9 Å². The fourth-order valence-electron chi connectivity index (χ4n) is 5.68. The van der Waals surface area contributed by atoms with Gasteiger partial charge in [0.1, 0.15) is 17.1 Å². The van der Waals surface area contributed by atoms with E-state index >= 15 is 0 Å². The van der Waals surface area contributed by atoms with Gasteiger partial charge in [0, 0.05) is 29.8 Å². The SMILES string of the molecule is COc1cc(C(=O)NC2CCN(C)CC2)ccc1Nc1ncc(C(F)(F)F)c(NC2CCCC(CC(C)C(N)=O)C2)n1. The van der Waals surface area contributed by atoms with Crippen LogP contribution in [0.5, 0.6) is 5.75 Å². The number of nitrogens with zero attached hydrogens (tertiary/aromatic N) is 3. The smallest absolute Gasteiger partial charge is 0.421 e. The number of methoxy groups -OCH3 is 1. The molecule has 2 fully saturated rings. The minimum Gasteiger partial charge on any atom is -0.495 e. The molecule has 1 saturated carbocycles. The number of benzene rings is 1. The summed E-state index contributed by atoms with van der Waals surface area (Å²) in [5, 5.41) is 8.99. The topological polar surface area (TPSA) is 134 Å². The van der Waals surface area contributed by atoms with Crippen molar-refractivity contribution in [2.75, 3.05) is 37.9 Å². The number of ether oxygens (including phenoxy) is 1. The molecule has 1 aliphatic heterocycles. The zero-order valence-electron chi connectivity index (χ0n) is 24.3. The van der Waals surface area contributed by atoms with E-state index in [-0.39, 0.29) is 47.5 Å². The summed E-state index contributed by atoms with van der Waals surface area (Å²) in [6.07, 6.45) is 1.44. The lowest BCUT2D eigenvalue weighted by Gasteiger charge is -2.31. The van der Waals surface area contributed by atoms with E-state index < -0.39 is 11.7 Å². The summed E-state index contributed by atoms with van der Waals surface area (Å²) in [5.41, 5.74) is 5.25. The van der Waals surface area contributed by atoms with Gasteiger partial charge in [0.2, 0.25) is 11.9 Å². The van der Waals surface area contributed by atoms with Crippen LogP contribution in [-0.2, 0) is 11.0 Å². The minimum absolute atomic E-state index is 0.0537. The normalized spacial score (nSPS) is 20.9. The zero-order valence-corrected chi connectivity index (χ0v) is 24.3. The number of alkyl halides is 3. The Morgan fingerprint density at radius 2 is 1.90 bits per heavy atom. The Hall–Kier alpha value is -3.61. The van der Waals surface area contributed by atoms with E-state index in [1.165, 1.54) is 7.11 Å². The summed E-state index contributed by atoms with van der Waals surface area (Å²) in [5.74, 6) is -0.769. The molecule has 5 N–H and O–H groups in total. The van der Waals surface area contributed by atoms with E-state index in [9.17, 15) is 22.8 Å². The zero-order chi connectivity index (χ0) is 30.4. The van der Waals surface area contributed by atoms with E-state index in [0.29, 0.717) is 36.3 Å². The van der Waals surface area contributed by atoms with Crippen molar-refractivity contribution in [2.45, 2.75) is 70.1 Å². The van der Waals surface area contributed by atoms with Gasteiger partial charge in [-0.1, -0.05) is 19.8 Å². The maximum atomic E-state index is 13.9. The van der Waals surface area contributed by atoms with Crippen molar-refractivity contribution in [1.82, 2.24) is 20.2 Å². The van der Waals surface area contributed by atoms with Crippen molar-refractivity contribution in [1.29, 1.82) is 0 Å². The Labute approximate surface area is 244 Å². The molecule has 2 aromatic rings. The van der Waals surface area contributed by atoms with Gasteiger partial charge in [0.25, 0.3) is 5.91 Å². The molecule has 10 nitrogen and oxygen atoms in total. The molecule has 1 saturated heterocycles. The van der Waals surface area contributed by atoms with Gasteiger partial charge in [-0.2, -0.15) is 18.2 Å². The standard InChI is InChI=1S/C29H40F3N7O3/c1-17(25(33)40)13-18-5-4-6-21(14-18)35-26-22(29(30,31)32)16-34-28(38-26)37-23-8-7-19(15-24(23)42-3)27(41)36-20-9-11-39(2)12-10-20/h7-8,15-18,20-21H,4-6,9-14H2,1-3H3,(H2,33,40)(H,36,41)(H2,34,35,37,38). The molecule has 3 unspecified atom stereocenters. The number of piperidine rings is 1. The van der Waals surface area contributed by atoms with E-state index in [1.807, 2.05) is 0 Å². The molecule has 0 bridgehead atoms. The second-order valence-electron chi connectivity index (χ2n) is 11.5. The van der Waals surface area contributed by atoms with Crippen LogP contribution in [0.4, 0.5) is 30.6 Å². The van der Waals surface area contributed by atoms with Crippen molar-refractivity contribution in [3.8, 4) is 5.75 Å². The Balaban J connectivity index is 1.48. The van der Waals surface area contributed by atoms with Crippen molar-refractivity contribution in [3.05, 3.63) is 35.5 Å². The number of halogens is 3. The molecule has 1 aliphatic carbocycles. The molecule has 0 spiro atoms. The summed E-state index contributed by atoms with van der Waals surface area (Å²) in [6.45, 7) is 3.60. The summed E-state index contributed by atoms with van der Waals surface area (Å²) in [4.78, 5) is 34.7. The van der Waals surface area contributed by atoms with Gasteiger partial charge in [-0.05, 0) is 76.4 Å². The van der Waals surface area contributed by atoms with Gasteiger partial charge in [0.15, 0.2) is 0 Å². The predicted octanol–water partition coefficient (Wildman–Crippen LogP) is 4.55. The van der Waals surface area contributed by atoms with Gasteiger partial charge in [-0.15, -0.1) is 0 Å². The van der Waals surface area contributed by atoms with Crippen molar-refractivity contribution < 1.29 is 27.5 Å². The second kappa shape index (κ2) is 13.6. The predicted molar refractivity (Wildman–Crippen MR) is 154 cm³/mol. The monoisotopic (exact) mass is 591 g/mol. The lowest BCUT2D eigenvalue weighted by Crippen LogP contribution is -2.43. The summed E-state index contributed by atoms with van der Waals surface area (Å²) >= 11 is 0. The van der Waals surface area contributed by atoms with E-state index in [0.717, 1.165) is 45.0 Å². The molecule has 42 heavy (non-hydrogen) atoms. The fourth-order valence-corrected chi connectivity index (χ4v) is 5.68. The van der Waals surface area contributed by atoms with E-state index in [4.69, 9.17) is 10.5 Å². The largest absolute Gasteiger partial charge is 0.495 e. The molecule has 4 rings (SSSR count). The number of nitrogens with two attached hydrogens (primary N) is 1. The average Bonchev–Trinajstić information content (AvgIpc) is 2.94. The molecule has 13 heteroatoms. The maximum Gasteiger partial charge on any atom is 0.421 e. The second-order valence-corrected chi connectivity index (χ2v) is 11.5. The Bertz CT molecular complexity index is 1250. The number of primary amides is 1. The van der Waals surface area contributed by atoms with E-state index in [1.54, 1.807) is 25.1 Å². The molecule has 1 aromatic heterocycles. The van der Waals surface area contributed by atoms with Crippen LogP contribution >= 0.6 is 0 Å². The van der Waals surface area contributed by atoms with Crippen LogP contribution in [0.25, 0.3) is 0 Å². The highest BCUT2D eigenvalue weighted by atomic mass is 19.4. The lowest BCUT2D eigenvalue weighted by molar-refractivity contribution is -0.137. The first-order chi connectivity index (χ1) is 19.9. The third kappa shape index (κ3) is 8.24. The molecular weight excluding hydrogens is 551 g/mol. The Morgan fingerprint density at radius 1 is 1.17 bits per heavy atom. The van der Waals surface area contributed by atoms with Crippen LogP contribution in [0, 0.1) is 11.8 Å². The Kier molecular flexibility index (Phi) is 10.1. The highest BCUT2D eigenvalue weighted by molar-refractivity contribution is 5.95. The number of anilines is 3. The quantitative estimate of drug-likeness (QED) is 0.316. The first-order valence-electron chi connectivity index (χ1n) is 14.4. The van der Waals surface area contributed by atoms with Crippen molar-refractivity contribution in [2.24, 2.45) is 17.6 Å². The van der Waals surface area contributed by atoms with Crippen LogP contribution in [0.3, 0.4) is 0 Å². The van der Waals surface area contributed by atoms with Gasteiger partial charge in [-0.25, -0.2) is 4.98 Å².